The highest BCUT2D eigenvalue weighted by atomic mass is 16.3. The van der Waals surface area contributed by atoms with E-state index in [0.717, 1.165) is 0 Å². The summed E-state index contributed by atoms with van der Waals surface area (Å²) >= 11 is 0. The van der Waals surface area contributed by atoms with Crippen molar-refractivity contribution in [2.45, 2.75) is 39.4 Å². The van der Waals surface area contributed by atoms with E-state index in [1.807, 2.05) is 0 Å². The molecule has 1 rings (SSSR count). The van der Waals surface area contributed by atoms with Crippen molar-refractivity contribution < 1.29 is 24.6 Å². The second-order valence-corrected chi connectivity index (χ2v) is 5.71. The molecule has 0 aliphatic heterocycles. The maximum atomic E-state index is 11.2. The molecule has 0 heterocycles. The molecular formula is C12H18O5. The van der Waals surface area contributed by atoms with Crippen LogP contribution in [0.25, 0.3) is 0 Å². The van der Waals surface area contributed by atoms with Crippen LogP contribution >= 0.6 is 0 Å². The Balaban J connectivity index is 3.37. The van der Waals surface area contributed by atoms with Gasteiger partial charge < -0.3 is 24.6 Å². The molecule has 1 aliphatic carbocycles. The molecule has 1 fully saturated rings. The van der Waals surface area contributed by atoms with Gasteiger partial charge >= 0.3 is 0 Å². The normalized spacial score (nSPS) is 50.6. The van der Waals surface area contributed by atoms with Crippen LogP contribution in [0.3, 0.4) is 0 Å². The summed E-state index contributed by atoms with van der Waals surface area (Å²) in [7, 11) is 0. The summed E-state index contributed by atoms with van der Waals surface area (Å²) in [5.41, 5.74) is -3.96. The van der Waals surface area contributed by atoms with E-state index in [1.54, 1.807) is 0 Å². The van der Waals surface area contributed by atoms with E-state index in [0.29, 0.717) is 18.9 Å². The molecule has 5 heteroatoms. The summed E-state index contributed by atoms with van der Waals surface area (Å²) in [6, 6.07) is 0. The molecule has 0 saturated heterocycles. The Morgan fingerprint density at radius 2 is 1.24 bits per heavy atom. The van der Waals surface area contributed by atoms with Crippen LogP contribution in [0.1, 0.15) is 27.2 Å². The molecule has 0 aromatic heterocycles. The van der Waals surface area contributed by atoms with E-state index in [1.165, 1.54) is 20.8 Å². The smallest absolute Gasteiger partial charge is 0.131 e. The van der Waals surface area contributed by atoms with Gasteiger partial charge in [0.15, 0.2) is 0 Å². The van der Waals surface area contributed by atoms with Crippen LogP contribution in [0.15, 0.2) is 0 Å². The van der Waals surface area contributed by atoms with Gasteiger partial charge in [0.2, 0.25) is 0 Å². The first kappa shape index (κ1) is 14.0. The van der Waals surface area contributed by atoms with Gasteiger partial charge in [0, 0.05) is 0 Å². The van der Waals surface area contributed by atoms with Crippen LogP contribution in [-0.2, 0) is 14.4 Å². The molecule has 5 nitrogen and oxygen atoms in total. The largest absolute Gasteiger partial charge is 0.391 e. The Hall–Kier alpha value is -1.07. The maximum Gasteiger partial charge on any atom is 0.131 e. The number of carbonyl (C=O) groups is 3. The second-order valence-electron chi connectivity index (χ2n) is 5.71. The van der Waals surface area contributed by atoms with Crippen molar-refractivity contribution in [1.82, 2.24) is 0 Å². The van der Waals surface area contributed by atoms with E-state index in [4.69, 9.17) is 0 Å². The van der Waals surface area contributed by atoms with Gasteiger partial charge in [0.05, 0.1) is 28.5 Å². The molecular weight excluding hydrogens is 224 g/mol. The highest BCUT2D eigenvalue weighted by molar-refractivity contribution is 5.73. The number of hydrogen-bond donors (Lipinski definition) is 2. The minimum Gasteiger partial charge on any atom is -0.391 e. The second kappa shape index (κ2) is 3.99. The third kappa shape index (κ3) is 1.73. The fourth-order valence-corrected chi connectivity index (χ4v) is 2.93. The Bertz CT molecular complexity index is 327. The minimum absolute atomic E-state index is 0.0127. The van der Waals surface area contributed by atoms with Crippen LogP contribution in [-0.4, -0.2) is 41.3 Å². The lowest BCUT2D eigenvalue weighted by atomic mass is 9.52. The summed E-state index contributed by atoms with van der Waals surface area (Å²) in [5, 5.41) is 20.2. The molecule has 0 spiro atoms. The SMILES string of the molecule is CC1(C=O)CC(C)(C=O)C(O)C(C)(C=O)C1O. The van der Waals surface area contributed by atoms with Gasteiger partial charge in [-0.15, -0.1) is 0 Å². The van der Waals surface area contributed by atoms with E-state index < -0.39 is 28.5 Å². The number of rotatable bonds is 3. The van der Waals surface area contributed by atoms with Crippen molar-refractivity contribution in [2.24, 2.45) is 16.2 Å². The molecule has 1 aliphatic rings. The highest BCUT2D eigenvalue weighted by Crippen LogP contribution is 2.51. The average molecular weight is 242 g/mol. The molecule has 4 atom stereocenters. The Kier molecular flexibility index (Phi) is 3.29. The van der Waals surface area contributed by atoms with Crippen LogP contribution in [0.2, 0.25) is 0 Å². The van der Waals surface area contributed by atoms with E-state index in [2.05, 4.69) is 0 Å². The van der Waals surface area contributed by atoms with Gasteiger partial charge in [-0.1, -0.05) is 13.8 Å². The molecule has 0 aromatic rings. The first-order chi connectivity index (χ1) is 7.70. The van der Waals surface area contributed by atoms with Gasteiger partial charge in [-0.05, 0) is 13.3 Å². The van der Waals surface area contributed by atoms with Crippen LogP contribution < -0.4 is 0 Å². The third-order valence-electron chi connectivity index (χ3n) is 3.98. The summed E-state index contributed by atoms with van der Waals surface area (Å²) in [4.78, 5) is 33.4. The molecule has 96 valence electrons. The third-order valence-corrected chi connectivity index (χ3v) is 3.98. The number of aldehydes is 3. The molecule has 1 saturated carbocycles. The van der Waals surface area contributed by atoms with Crippen LogP contribution in [0, 0.1) is 16.2 Å². The predicted molar refractivity (Wildman–Crippen MR) is 59.1 cm³/mol. The van der Waals surface area contributed by atoms with Gasteiger partial charge in [0.25, 0.3) is 0 Å². The lowest BCUT2D eigenvalue weighted by molar-refractivity contribution is -0.193. The lowest BCUT2D eigenvalue weighted by Gasteiger charge is -2.53. The van der Waals surface area contributed by atoms with Gasteiger partial charge in [0.1, 0.15) is 18.9 Å². The standard InChI is InChI=1S/C12H18O5/c1-10(5-13)4-11(2,6-14)9(17)12(3,7-15)8(10)16/h5-9,16-17H,4H2,1-3H3. The molecule has 0 bridgehead atoms. The zero-order chi connectivity index (χ0) is 13.5. The fraction of sp³-hybridized carbons (Fsp3) is 0.750. The fourth-order valence-electron chi connectivity index (χ4n) is 2.93. The average Bonchev–Trinajstić information content (AvgIpc) is 2.34. The Morgan fingerprint density at radius 1 is 0.882 bits per heavy atom. The summed E-state index contributed by atoms with van der Waals surface area (Å²) in [6.45, 7) is 4.33. The van der Waals surface area contributed by atoms with Crippen molar-refractivity contribution in [3.05, 3.63) is 0 Å². The maximum absolute atomic E-state index is 11.2. The van der Waals surface area contributed by atoms with Crippen molar-refractivity contribution in [3.8, 4) is 0 Å². The van der Waals surface area contributed by atoms with Crippen molar-refractivity contribution >= 4 is 18.9 Å². The number of aliphatic hydroxyl groups is 2. The number of hydrogen-bond acceptors (Lipinski definition) is 5. The summed E-state index contributed by atoms with van der Waals surface area (Å²) in [6.07, 6.45) is -1.09. The van der Waals surface area contributed by atoms with Crippen molar-refractivity contribution in [2.75, 3.05) is 0 Å². The first-order valence-electron chi connectivity index (χ1n) is 5.45. The van der Waals surface area contributed by atoms with Crippen molar-refractivity contribution in [1.29, 1.82) is 0 Å². The minimum atomic E-state index is -1.52. The molecule has 17 heavy (non-hydrogen) atoms. The van der Waals surface area contributed by atoms with Crippen molar-refractivity contribution in [3.63, 3.8) is 0 Å². The Morgan fingerprint density at radius 3 is 1.47 bits per heavy atom. The lowest BCUT2D eigenvalue weighted by Crippen LogP contribution is -2.64. The van der Waals surface area contributed by atoms with Gasteiger partial charge in [-0.25, -0.2) is 0 Å². The van der Waals surface area contributed by atoms with Gasteiger partial charge in [-0.2, -0.15) is 0 Å². The van der Waals surface area contributed by atoms with Crippen LogP contribution in [0.4, 0.5) is 0 Å². The zero-order valence-electron chi connectivity index (χ0n) is 10.2. The van der Waals surface area contributed by atoms with E-state index in [9.17, 15) is 24.6 Å². The quantitative estimate of drug-likeness (QED) is 0.664. The van der Waals surface area contributed by atoms with E-state index >= 15 is 0 Å². The number of aliphatic hydroxyl groups excluding tert-OH is 2. The molecule has 4 unspecified atom stereocenters. The highest BCUT2D eigenvalue weighted by Gasteiger charge is 2.61. The van der Waals surface area contributed by atoms with E-state index in [-0.39, 0.29) is 6.42 Å². The Labute approximate surface area is 99.8 Å². The molecule has 0 aromatic carbocycles. The topological polar surface area (TPSA) is 91.7 Å². The molecule has 0 amide bonds. The zero-order valence-corrected chi connectivity index (χ0v) is 10.2. The molecule has 2 N–H and O–H groups in total. The number of carbonyl (C=O) groups excluding carboxylic acids is 3. The predicted octanol–water partition coefficient (Wildman–Crippen LogP) is -0.273. The first-order valence-corrected chi connectivity index (χ1v) is 5.45. The summed E-state index contributed by atoms with van der Waals surface area (Å²) < 4.78 is 0. The molecule has 0 radical (unpaired) electrons. The summed E-state index contributed by atoms with van der Waals surface area (Å²) in [5.74, 6) is 0. The monoisotopic (exact) mass is 242 g/mol. The van der Waals surface area contributed by atoms with Gasteiger partial charge in [-0.3, -0.25) is 0 Å². The van der Waals surface area contributed by atoms with Crippen LogP contribution in [0.5, 0.6) is 0 Å².